The second-order valence-electron chi connectivity index (χ2n) is 4.19. The summed E-state index contributed by atoms with van der Waals surface area (Å²) in [5, 5.41) is 0. The van der Waals surface area contributed by atoms with E-state index in [1.165, 1.54) is 0 Å². The van der Waals surface area contributed by atoms with Crippen LogP contribution in [0.4, 0.5) is 0 Å². The fraction of sp³-hybridized carbons (Fsp3) is 0.267. The first kappa shape index (κ1) is 13.4. The van der Waals surface area contributed by atoms with E-state index in [0.717, 1.165) is 11.4 Å². The highest BCUT2D eigenvalue weighted by Gasteiger charge is 2.06. The van der Waals surface area contributed by atoms with E-state index < -0.39 is 0 Å². The molecule has 2 aromatic rings. The van der Waals surface area contributed by atoms with Gasteiger partial charge in [-0.3, -0.25) is 4.98 Å². The molecule has 0 radical (unpaired) electrons. The lowest BCUT2D eigenvalue weighted by Gasteiger charge is -2.11. The Kier molecular flexibility index (Phi) is 4.36. The lowest BCUT2D eigenvalue weighted by atomic mass is 10.2. The van der Waals surface area contributed by atoms with Gasteiger partial charge in [0.05, 0.1) is 18.5 Å². The molecule has 0 aliphatic heterocycles. The first-order chi connectivity index (χ1) is 9.20. The van der Waals surface area contributed by atoms with Crippen LogP contribution in [0.3, 0.4) is 0 Å². The van der Waals surface area contributed by atoms with Crippen LogP contribution < -0.4 is 15.2 Å². The van der Waals surface area contributed by atoms with Crippen LogP contribution in [0.5, 0.6) is 17.2 Å². The van der Waals surface area contributed by atoms with Gasteiger partial charge in [-0.2, -0.15) is 0 Å². The number of hydrogen-bond acceptors (Lipinski definition) is 4. The molecule has 0 aliphatic rings. The zero-order valence-electron chi connectivity index (χ0n) is 11.2. The lowest BCUT2D eigenvalue weighted by molar-refractivity contribution is 0.321. The summed E-state index contributed by atoms with van der Waals surface area (Å²) in [6.45, 7) is 4.44. The molecule has 100 valence electrons. The second-order valence-corrected chi connectivity index (χ2v) is 4.19. The number of rotatable bonds is 5. The summed E-state index contributed by atoms with van der Waals surface area (Å²) < 4.78 is 11.3. The van der Waals surface area contributed by atoms with Crippen molar-refractivity contribution >= 4 is 0 Å². The van der Waals surface area contributed by atoms with Gasteiger partial charge in [-0.15, -0.1) is 0 Å². The fourth-order valence-corrected chi connectivity index (χ4v) is 1.66. The van der Waals surface area contributed by atoms with Crippen molar-refractivity contribution < 1.29 is 9.47 Å². The minimum Gasteiger partial charge on any atom is -0.490 e. The van der Waals surface area contributed by atoms with Gasteiger partial charge in [0.1, 0.15) is 5.75 Å². The zero-order valence-corrected chi connectivity index (χ0v) is 11.2. The van der Waals surface area contributed by atoms with Crippen LogP contribution >= 0.6 is 0 Å². The number of ether oxygens (including phenoxy) is 2. The molecule has 0 saturated heterocycles. The van der Waals surface area contributed by atoms with Crippen LogP contribution in [0, 0.1) is 0 Å². The van der Waals surface area contributed by atoms with Crippen molar-refractivity contribution in [2.75, 3.05) is 6.61 Å². The van der Waals surface area contributed by atoms with E-state index in [4.69, 9.17) is 15.2 Å². The molecule has 1 aromatic heterocycles. The minimum absolute atomic E-state index is 0.0789. The normalized spacial score (nSPS) is 11.9. The largest absolute Gasteiger partial charge is 0.490 e. The van der Waals surface area contributed by atoms with E-state index in [0.29, 0.717) is 18.1 Å². The summed E-state index contributed by atoms with van der Waals surface area (Å²) in [7, 11) is 0. The molecule has 1 unspecified atom stereocenters. The summed E-state index contributed by atoms with van der Waals surface area (Å²) in [5.41, 5.74) is 6.60. The highest BCUT2D eigenvalue weighted by atomic mass is 16.5. The van der Waals surface area contributed by atoms with E-state index in [1.807, 2.05) is 50.2 Å². The highest BCUT2D eigenvalue weighted by molar-refractivity contribution is 5.42. The molecule has 0 aliphatic carbocycles. The van der Waals surface area contributed by atoms with Crippen LogP contribution in [-0.4, -0.2) is 11.6 Å². The van der Waals surface area contributed by atoms with Crippen molar-refractivity contribution in [1.82, 2.24) is 4.98 Å². The Bertz CT molecular complexity index is 524. The first-order valence-corrected chi connectivity index (χ1v) is 6.32. The second kappa shape index (κ2) is 6.20. The summed E-state index contributed by atoms with van der Waals surface area (Å²) >= 11 is 0. The summed E-state index contributed by atoms with van der Waals surface area (Å²) in [4.78, 5) is 4.26. The van der Waals surface area contributed by atoms with E-state index >= 15 is 0 Å². The lowest BCUT2D eigenvalue weighted by Crippen LogP contribution is -2.06. The van der Waals surface area contributed by atoms with Crippen LogP contribution in [0.15, 0.2) is 42.6 Å². The molecule has 1 heterocycles. The third-order valence-corrected chi connectivity index (χ3v) is 2.60. The third kappa shape index (κ3) is 3.45. The molecular formula is C15H18N2O2. The third-order valence-electron chi connectivity index (χ3n) is 2.60. The maximum atomic E-state index is 5.77. The van der Waals surface area contributed by atoms with Crippen LogP contribution in [0.25, 0.3) is 0 Å². The molecule has 0 amide bonds. The molecule has 0 fully saturated rings. The van der Waals surface area contributed by atoms with Crippen LogP contribution in [0.1, 0.15) is 25.6 Å². The Labute approximate surface area is 113 Å². The summed E-state index contributed by atoms with van der Waals surface area (Å²) in [6, 6.07) is 11.2. The number of nitrogens with two attached hydrogens (primary N) is 1. The number of hydrogen-bond donors (Lipinski definition) is 1. The predicted octanol–water partition coefficient (Wildman–Crippen LogP) is 3.29. The van der Waals surface area contributed by atoms with Crippen molar-refractivity contribution in [2.45, 2.75) is 19.9 Å². The first-order valence-electron chi connectivity index (χ1n) is 6.32. The van der Waals surface area contributed by atoms with Gasteiger partial charge in [-0.25, -0.2) is 0 Å². The average Bonchev–Trinajstić information content (AvgIpc) is 2.42. The van der Waals surface area contributed by atoms with E-state index in [2.05, 4.69) is 4.98 Å². The monoisotopic (exact) mass is 258 g/mol. The molecule has 0 saturated carbocycles. The average molecular weight is 258 g/mol. The molecule has 2 rings (SSSR count). The van der Waals surface area contributed by atoms with Crippen molar-refractivity contribution in [2.24, 2.45) is 5.73 Å². The smallest absolute Gasteiger partial charge is 0.169 e. The van der Waals surface area contributed by atoms with Crippen molar-refractivity contribution in [1.29, 1.82) is 0 Å². The van der Waals surface area contributed by atoms with Gasteiger partial charge in [0.2, 0.25) is 0 Å². The summed E-state index contributed by atoms with van der Waals surface area (Å²) in [6.07, 6.45) is 1.67. The SMILES string of the molecule is CCOc1ccccc1Oc1ccc(C(C)N)nc1. The topological polar surface area (TPSA) is 57.4 Å². The molecular weight excluding hydrogens is 240 g/mol. The van der Waals surface area contributed by atoms with Gasteiger partial charge in [0.15, 0.2) is 11.5 Å². The standard InChI is InChI=1S/C15H18N2O2/c1-3-18-14-6-4-5-7-15(14)19-12-8-9-13(11(2)16)17-10-12/h4-11H,3,16H2,1-2H3. The van der Waals surface area contributed by atoms with Crippen molar-refractivity contribution in [3.05, 3.63) is 48.3 Å². The maximum absolute atomic E-state index is 5.77. The van der Waals surface area contributed by atoms with E-state index in [9.17, 15) is 0 Å². The van der Waals surface area contributed by atoms with Gasteiger partial charge >= 0.3 is 0 Å². The number of nitrogens with zero attached hydrogens (tertiary/aromatic N) is 1. The Balaban J connectivity index is 2.16. The van der Waals surface area contributed by atoms with Crippen LogP contribution in [-0.2, 0) is 0 Å². The number of pyridine rings is 1. The molecule has 4 heteroatoms. The molecule has 1 atom stereocenters. The number of para-hydroxylation sites is 2. The molecule has 0 spiro atoms. The highest BCUT2D eigenvalue weighted by Crippen LogP contribution is 2.31. The molecule has 0 bridgehead atoms. The van der Waals surface area contributed by atoms with Gasteiger partial charge < -0.3 is 15.2 Å². The van der Waals surface area contributed by atoms with Crippen LogP contribution in [0.2, 0.25) is 0 Å². The number of aromatic nitrogens is 1. The number of benzene rings is 1. The minimum atomic E-state index is -0.0789. The van der Waals surface area contributed by atoms with E-state index in [1.54, 1.807) is 6.20 Å². The Morgan fingerprint density at radius 2 is 1.89 bits per heavy atom. The van der Waals surface area contributed by atoms with Gasteiger partial charge in [-0.1, -0.05) is 12.1 Å². The maximum Gasteiger partial charge on any atom is 0.169 e. The molecule has 1 aromatic carbocycles. The Hall–Kier alpha value is -2.07. The molecule has 2 N–H and O–H groups in total. The van der Waals surface area contributed by atoms with Crippen molar-refractivity contribution in [3.63, 3.8) is 0 Å². The quantitative estimate of drug-likeness (QED) is 0.894. The zero-order chi connectivity index (χ0) is 13.7. The Morgan fingerprint density at radius 1 is 1.16 bits per heavy atom. The van der Waals surface area contributed by atoms with Crippen molar-refractivity contribution in [3.8, 4) is 17.2 Å². The predicted molar refractivity (Wildman–Crippen MR) is 74.5 cm³/mol. The summed E-state index contributed by atoms with van der Waals surface area (Å²) in [5.74, 6) is 2.07. The van der Waals surface area contributed by atoms with Gasteiger partial charge in [-0.05, 0) is 38.1 Å². The Morgan fingerprint density at radius 3 is 2.47 bits per heavy atom. The fourth-order valence-electron chi connectivity index (χ4n) is 1.66. The van der Waals surface area contributed by atoms with Gasteiger partial charge in [0, 0.05) is 6.04 Å². The molecule has 4 nitrogen and oxygen atoms in total. The van der Waals surface area contributed by atoms with Gasteiger partial charge in [0.25, 0.3) is 0 Å². The molecule has 19 heavy (non-hydrogen) atoms. The van der Waals surface area contributed by atoms with E-state index in [-0.39, 0.29) is 6.04 Å².